The Morgan fingerprint density at radius 1 is 1.48 bits per heavy atom. The quantitative estimate of drug-likeness (QED) is 0.740. The van der Waals surface area contributed by atoms with Crippen LogP contribution in [0.1, 0.15) is 36.0 Å². The van der Waals surface area contributed by atoms with Gasteiger partial charge in [0.25, 0.3) is 0 Å². The number of hydrogen-bond acceptors (Lipinski definition) is 5. The van der Waals surface area contributed by atoms with Crippen LogP contribution in [0.25, 0.3) is 16.9 Å². The van der Waals surface area contributed by atoms with E-state index >= 15 is 0 Å². The molecule has 0 amide bonds. The molecule has 152 valence electrons. The van der Waals surface area contributed by atoms with Gasteiger partial charge in [-0.3, -0.25) is 9.98 Å². The van der Waals surface area contributed by atoms with Gasteiger partial charge in [-0.2, -0.15) is 5.26 Å². The van der Waals surface area contributed by atoms with Gasteiger partial charge in [-0.25, -0.2) is 9.98 Å². The van der Waals surface area contributed by atoms with Crippen LogP contribution in [0.4, 0.5) is 0 Å². The van der Waals surface area contributed by atoms with Gasteiger partial charge in [0.05, 0.1) is 23.2 Å². The highest BCUT2D eigenvalue weighted by atomic mass is 15.1. The number of hydrogen-bond donors (Lipinski definition) is 3. The van der Waals surface area contributed by atoms with E-state index in [2.05, 4.69) is 52.8 Å². The molecular weight excluding hydrogens is 362 g/mol. The summed E-state index contributed by atoms with van der Waals surface area (Å²) in [5.41, 5.74) is 2.62. The van der Waals surface area contributed by atoms with Crippen molar-refractivity contribution in [1.29, 1.82) is 10.7 Å². The van der Waals surface area contributed by atoms with E-state index in [0.717, 1.165) is 41.9 Å². The molecular formula is C22H29N7. The standard InChI is InChI=1S/C22H25N7.2H2/c1-13(29-17-4-5-25-20(17)26-10-18(29)24)16-7-15(9-21(16,2)3)28-19-6-14-8-22(14,11-23)12-27-19;;/h4-6,10,12,14-16,24-25,28H,1,7-9H2,2-3H3;2*1H/t14?,15-,16-,22?;;/m1../s1. The van der Waals surface area contributed by atoms with Crippen LogP contribution in [-0.2, 0) is 0 Å². The van der Waals surface area contributed by atoms with Crippen molar-refractivity contribution in [3.05, 3.63) is 42.4 Å². The third-order valence-corrected chi connectivity index (χ3v) is 6.84. The normalized spacial score (nSPS) is 31.8. The van der Waals surface area contributed by atoms with Crippen LogP contribution < -0.4 is 10.8 Å². The highest BCUT2D eigenvalue weighted by Gasteiger charge is 2.54. The molecule has 2 aromatic heterocycles. The SMILES string of the molecule is C=C([C@H]1C[C@@H](NC2=CC3CC3(C#N)C=N2)CC1(C)C)n1c(=N)cnc2[nH]ccc21.[HH].[HH]. The second kappa shape index (κ2) is 5.93. The Bertz CT molecular complexity index is 1180. The third kappa shape index (κ3) is 2.74. The summed E-state index contributed by atoms with van der Waals surface area (Å²) in [6.07, 6.45) is 10.1. The summed E-state index contributed by atoms with van der Waals surface area (Å²) in [6.45, 7) is 8.94. The first-order valence-electron chi connectivity index (χ1n) is 10.1. The molecule has 2 saturated carbocycles. The minimum absolute atomic E-state index is 0. The number of aliphatic imine (C=N–C) groups is 1. The lowest BCUT2D eigenvalue weighted by Crippen LogP contribution is -2.28. The molecule has 4 atom stereocenters. The molecule has 3 heterocycles. The molecule has 2 aromatic rings. The summed E-state index contributed by atoms with van der Waals surface area (Å²) in [5, 5.41) is 21.3. The summed E-state index contributed by atoms with van der Waals surface area (Å²) >= 11 is 0. The monoisotopic (exact) mass is 391 g/mol. The maximum Gasteiger partial charge on any atom is 0.154 e. The van der Waals surface area contributed by atoms with Crippen molar-refractivity contribution in [2.24, 2.45) is 27.7 Å². The first-order chi connectivity index (χ1) is 13.8. The first-order valence-corrected chi connectivity index (χ1v) is 10.1. The number of aromatic nitrogens is 3. The smallest absolute Gasteiger partial charge is 0.154 e. The van der Waals surface area contributed by atoms with E-state index < -0.39 is 0 Å². The summed E-state index contributed by atoms with van der Waals surface area (Å²) < 4.78 is 1.91. The van der Waals surface area contributed by atoms with Gasteiger partial charge in [0.1, 0.15) is 11.3 Å². The zero-order chi connectivity index (χ0) is 20.4. The first kappa shape index (κ1) is 17.9. The molecule has 7 nitrogen and oxygen atoms in total. The lowest BCUT2D eigenvalue weighted by atomic mass is 9.80. The van der Waals surface area contributed by atoms with Crippen molar-refractivity contribution in [3.63, 3.8) is 0 Å². The highest BCUT2D eigenvalue weighted by Crippen LogP contribution is 2.54. The van der Waals surface area contributed by atoms with E-state index in [1.54, 1.807) is 6.20 Å². The second-order valence-corrected chi connectivity index (χ2v) is 9.28. The van der Waals surface area contributed by atoms with Crippen LogP contribution in [0.15, 0.2) is 41.9 Å². The molecule has 2 unspecified atom stereocenters. The number of nitrogens with zero attached hydrogens (tertiary/aromatic N) is 4. The Morgan fingerprint density at radius 3 is 3.07 bits per heavy atom. The van der Waals surface area contributed by atoms with Crippen LogP contribution in [-0.4, -0.2) is 26.8 Å². The minimum atomic E-state index is -0.346. The van der Waals surface area contributed by atoms with E-state index in [9.17, 15) is 5.26 Å². The number of fused-ring (bicyclic) bond motifs is 2. The van der Waals surface area contributed by atoms with Crippen LogP contribution in [0.2, 0.25) is 0 Å². The molecule has 0 radical (unpaired) electrons. The van der Waals surface area contributed by atoms with Crippen molar-refractivity contribution in [2.45, 2.75) is 39.2 Å². The number of aromatic amines is 1. The maximum absolute atomic E-state index is 9.29. The molecule has 5 rings (SSSR count). The van der Waals surface area contributed by atoms with Crippen LogP contribution in [0.5, 0.6) is 0 Å². The molecule has 3 N–H and O–H groups in total. The molecule has 29 heavy (non-hydrogen) atoms. The predicted octanol–water partition coefficient (Wildman–Crippen LogP) is 3.66. The Labute approximate surface area is 172 Å². The topological polar surface area (TPSA) is 106 Å². The minimum Gasteiger partial charge on any atom is -0.368 e. The Morgan fingerprint density at radius 2 is 2.31 bits per heavy atom. The van der Waals surface area contributed by atoms with E-state index in [1.165, 1.54) is 0 Å². The van der Waals surface area contributed by atoms with E-state index in [4.69, 9.17) is 5.41 Å². The number of rotatable bonds is 4. The van der Waals surface area contributed by atoms with Gasteiger partial charge in [0, 0.05) is 38.8 Å². The van der Waals surface area contributed by atoms with Crippen molar-refractivity contribution >= 4 is 23.1 Å². The molecule has 0 spiro atoms. The zero-order valence-corrected chi connectivity index (χ0v) is 16.7. The van der Waals surface area contributed by atoms with Gasteiger partial charge < -0.3 is 10.3 Å². The van der Waals surface area contributed by atoms with Crippen LogP contribution >= 0.6 is 0 Å². The van der Waals surface area contributed by atoms with Gasteiger partial charge in [0.15, 0.2) is 5.65 Å². The molecule has 2 aliphatic carbocycles. The molecule has 7 heteroatoms. The maximum atomic E-state index is 9.29. The van der Waals surface area contributed by atoms with Gasteiger partial charge >= 0.3 is 0 Å². The fourth-order valence-corrected chi connectivity index (χ4v) is 5.11. The van der Waals surface area contributed by atoms with Crippen molar-refractivity contribution in [1.82, 2.24) is 19.9 Å². The summed E-state index contributed by atoms with van der Waals surface area (Å²) in [4.78, 5) is 11.9. The average Bonchev–Trinajstić information content (AvgIpc) is 3.05. The molecule has 0 aromatic carbocycles. The summed E-state index contributed by atoms with van der Waals surface area (Å²) in [6, 6.07) is 4.60. The van der Waals surface area contributed by atoms with E-state index in [-0.39, 0.29) is 25.6 Å². The third-order valence-electron chi connectivity index (χ3n) is 6.84. The van der Waals surface area contributed by atoms with Crippen molar-refractivity contribution in [2.75, 3.05) is 0 Å². The molecule has 0 bridgehead atoms. The van der Waals surface area contributed by atoms with Crippen LogP contribution in [0, 0.1) is 39.4 Å². The van der Waals surface area contributed by atoms with Gasteiger partial charge in [-0.1, -0.05) is 20.4 Å². The van der Waals surface area contributed by atoms with E-state index in [0.29, 0.717) is 11.4 Å². The van der Waals surface area contributed by atoms with Crippen molar-refractivity contribution < 1.29 is 2.85 Å². The predicted molar refractivity (Wildman–Crippen MR) is 116 cm³/mol. The average molecular weight is 392 g/mol. The van der Waals surface area contributed by atoms with Gasteiger partial charge in [-0.05, 0) is 36.8 Å². The zero-order valence-electron chi connectivity index (χ0n) is 16.7. The number of nitrogens with one attached hydrogen (secondary N) is 3. The van der Waals surface area contributed by atoms with Gasteiger partial charge in [0.2, 0.25) is 0 Å². The number of nitriles is 1. The Kier molecular flexibility index (Phi) is 3.66. The molecule has 3 aliphatic rings. The molecule has 1 aliphatic heterocycles. The lowest BCUT2D eigenvalue weighted by Gasteiger charge is -2.29. The molecule has 0 saturated heterocycles. The van der Waals surface area contributed by atoms with Crippen molar-refractivity contribution in [3.8, 4) is 6.07 Å². The Hall–Kier alpha value is -3.14. The second-order valence-electron chi connectivity index (χ2n) is 9.28. The van der Waals surface area contributed by atoms with E-state index in [1.807, 2.05) is 23.0 Å². The number of allylic oxidation sites excluding steroid dienone is 2. The lowest BCUT2D eigenvalue weighted by molar-refractivity contribution is 0.308. The Balaban J connectivity index is 0.00000136. The van der Waals surface area contributed by atoms with Gasteiger partial charge in [-0.15, -0.1) is 0 Å². The summed E-state index contributed by atoms with van der Waals surface area (Å²) in [5.74, 6) is 1.41. The summed E-state index contributed by atoms with van der Waals surface area (Å²) in [7, 11) is 0. The fourth-order valence-electron chi connectivity index (χ4n) is 5.11. The van der Waals surface area contributed by atoms with Crippen LogP contribution in [0.3, 0.4) is 0 Å². The largest absolute Gasteiger partial charge is 0.368 e. The number of H-pyrrole nitrogens is 1. The fraction of sp³-hybridized carbons (Fsp3) is 0.455. The highest BCUT2D eigenvalue weighted by molar-refractivity contribution is 5.78. The molecule has 2 fully saturated rings.